The van der Waals surface area contributed by atoms with Gasteiger partial charge in [-0.2, -0.15) is 5.10 Å². The van der Waals surface area contributed by atoms with Crippen LogP contribution in [-0.4, -0.2) is 40.7 Å². The number of aryl methyl sites for hydroxylation is 3. The van der Waals surface area contributed by atoms with Crippen LogP contribution < -0.4 is 10.6 Å². The number of furan rings is 1. The van der Waals surface area contributed by atoms with Gasteiger partial charge in [-0.1, -0.05) is 17.7 Å². The molecule has 0 unspecified atom stereocenters. The molecule has 0 saturated heterocycles. The van der Waals surface area contributed by atoms with Gasteiger partial charge in [0.05, 0.1) is 13.1 Å². The van der Waals surface area contributed by atoms with Crippen LogP contribution in [-0.2, 0) is 20.9 Å². The van der Waals surface area contributed by atoms with Gasteiger partial charge >= 0.3 is 5.97 Å². The van der Waals surface area contributed by atoms with Crippen molar-refractivity contribution in [1.29, 1.82) is 0 Å². The molecule has 0 spiro atoms. The van der Waals surface area contributed by atoms with Crippen LogP contribution >= 0.6 is 0 Å². The molecule has 0 radical (unpaired) electrons. The summed E-state index contributed by atoms with van der Waals surface area (Å²) in [6.07, 6.45) is 3.41. The largest absolute Gasteiger partial charge is 0.452 e. The Labute approximate surface area is 179 Å². The number of hydrogen-bond acceptors (Lipinski definition) is 6. The second-order valence-electron chi connectivity index (χ2n) is 7.14. The molecule has 9 heteroatoms. The average molecular weight is 424 g/mol. The van der Waals surface area contributed by atoms with E-state index in [4.69, 9.17) is 9.15 Å². The van der Waals surface area contributed by atoms with Crippen molar-refractivity contribution in [2.24, 2.45) is 0 Å². The highest BCUT2D eigenvalue weighted by Gasteiger charge is 2.16. The number of hydrogen-bond donors (Lipinski definition) is 2. The van der Waals surface area contributed by atoms with Crippen LogP contribution in [0.5, 0.6) is 0 Å². The first kappa shape index (κ1) is 21.8. The first-order valence-corrected chi connectivity index (χ1v) is 9.69. The van der Waals surface area contributed by atoms with Crippen LogP contribution in [0.3, 0.4) is 0 Å². The summed E-state index contributed by atoms with van der Waals surface area (Å²) in [5.41, 5.74) is 3.71. The lowest BCUT2D eigenvalue weighted by Gasteiger charge is -2.13. The number of amides is 2. The number of nitrogens with zero attached hydrogens (tertiary/aromatic N) is 2. The number of esters is 1. The molecule has 31 heavy (non-hydrogen) atoms. The zero-order valence-corrected chi connectivity index (χ0v) is 17.6. The second-order valence-corrected chi connectivity index (χ2v) is 7.14. The summed E-state index contributed by atoms with van der Waals surface area (Å²) in [6.45, 7) is 5.40. The molecule has 0 atom stereocenters. The number of carbonyl (C=O) groups is 3. The first-order valence-electron chi connectivity index (χ1n) is 9.69. The fourth-order valence-electron chi connectivity index (χ4n) is 3.12. The summed E-state index contributed by atoms with van der Waals surface area (Å²) < 4.78 is 12.0. The predicted octanol–water partition coefficient (Wildman–Crippen LogP) is 2.36. The maximum Gasteiger partial charge on any atom is 0.374 e. The van der Waals surface area contributed by atoms with E-state index in [9.17, 15) is 14.4 Å². The van der Waals surface area contributed by atoms with Crippen LogP contribution in [0.4, 0.5) is 5.69 Å². The van der Waals surface area contributed by atoms with E-state index in [0.717, 1.165) is 22.4 Å². The van der Waals surface area contributed by atoms with Gasteiger partial charge in [-0.3, -0.25) is 14.3 Å². The van der Waals surface area contributed by atoms with Gasteiger partial charge in [0.1, 0.15) is 5.76 Å². The Morgan fingerprint density at radius 3 is 2.52 bits per heavy atom. The fourth-order valence-corrected chi connectivity index (χ4v) is 3.12. The lowest BCUT2D eigenvalue weighted by Crippen LogP contribution is -2.35. The molecule has 3 rings (SSSR count). The second kappa shape index (κ2) is 9.75. The summed E-state index contributed by atoms with van der Waals surface area (Å²) >= 11 is 0. The Bertz CT molecular complexity index is 1060. The number of anilines is 1. The third kappa shape index (κ3) is 6.05. The molecule has 0 saturated carbocycles. The maximum atomic E-state index is 12.1. The van der Waals surface area contributed by atoms with Gasteiger partial charge in [-0.25, -0.2) is 4.79 Å². The Morgan fingerprint density at radius 2 is 1.84 bits per heavy atom. The topological polar surface area (TPSA) is 115 Å². The number of benzene rings is 1. The number of rotatable bonds is 8. The fraction of sp³-hybridized carbons (Fsp3) is 0.273. The van der Waals surface area contributed by atoms with Crippen LogP contribution in [0.2, 0.25) is 0 Å². The predicted molar refractivity (Wildman–Crippen MR) is 113 cm³/mol. The van der Waals surface area contributed by atoms with E-state index in [-0.39, 0.29) is 18.2 Å². The molecule has 2 amide bonds. The van der Waals surface area contributed by atoms with Gasteiger partial charge < -0.3 is 19.8 Å². The Hall–Kier alpha value is -3.88. The van der Waals surface area contributed by atoms with Crippen LogP contribution in [0.15, 0.2) is 47.1 Å². The lowest BCUT2D eigenvalue weighted by molar-refractivity contribution is -0.126. The van der Waals surface area contributed by atoms with E-state index in [0.29, 0.717) is 12.3 Å². The Balaban J connectivity index is 1.42. The van der Waals surface area contributed by atoms with Gasteiger partial charge in [0.2, 0.25) is 11.7 Å². The monoisotopic (exact) mass is 424 g/mol. The molecular weight excluding hydrogens is 400 g/mol. The highest BCUT2D eigenvalue weighted by Crippen LogP contribution is 2.21. The number of ether oxygens (including phenoxy) is 1. The number of carbonyl (C=O) groups excluding carboxylic acids is 3. The van der Waals surface area contributed by atoms with Gasteiger partial charge in [0.25, 0.3) is 5.91 Å². The smallest absolute Gasteiger partial charge is 0.374 e. The molecule has 0 aliphatic heterocycles. The van der Waals surface area contributed by atoms with Crippen molar-refractivity contribution in [3.63, 3.8) is 0 Å². The quantitative estimate of drug-likeness (QED) is 0.537. The molecule has 0 aliphatic rings. The average Bonchev–Trinajstić information content (AvgIpc) is 3.40. The highest BCUT2D eigenvalue weighted by molar-refractivity contribution is 5.96. The number of aromatic nitrogens is 2. The van der Waals surface area contributed by atoms with Gasteiger partial charge in [0, 0.05) is 18.1 Å². The summed E-state index contributed by atoms with van der Waals surface area (Å²) in [7, 11) is 0. The van der Waals surface area contributed by atoms with E-state index in [1.807, 2.05) is 32.9 Å². The van der Waals surface area contributed by atoms with Crippen LogP contribution in [0.1, 0.15) is 33.0 Å². The number of nitrogens with one attached hydrogen (secondary N) is 2. The van der Waals surface area contributed by atoms with Crippen molar-refractivity contribution >= 4 is 23.5 Å². The summed E-state index contributed by atoms with van der Waals surface area (Å²) in [4.78, 5) is 36.1. The van der Waals surface area contributed by atoms with Crippen LogP contribution in [0.25, 0.3) is 0 Å². The molecule has 1 aromatic carbocycles. The maximum absolute atomic E-state index is 12.1. The third-order valence-corrected chi connectivity index (χ3v) is 4.46. The Morgan fingerprint density at radius 1 is 1.10 bits per heavy atom. The first-order chi connectivity index (χ1) is 14.8. The van der Waals surface area contributed by atoms with Crippen molar-refractivity contribution in [2.75, 3.05) is 18.5 Å². The zero-order chi connectivity index (χ0) is 22.4. The third-order valence-electron chi connectivity index (χ3n) is 4.46. The molecule has 2 aromatic heterocycles. The van der Waals surface area contributed by atoms with E-state index >= 15 is 0 Å². The SMILES string of the molecule is Cc1cc(C)c(NC(=O)CNC(=O)COC(=O)c2ccc(Cn3cccn3)o2)c(C)c1. The molecular formula is C22H24N4O5. The highest BCUT2D eigenvalue weighted by atomic mass is 16.5. The van der Waals surface area contributed by atoms with Crippen LogP contribution in [0, 0.1) is 20.8 Å². The van der Waals surface area contributed by atoms with E-state index < -0.39 is 18.5 Å². The van der Waals surface area contributed by atoms with E-state index in [2.05, 4.69) is 15.7 Å². The normalized spacial score (nSPS) is 10.5. The van der Waals surface area contributed by atoms with Crippen molar-refractivity contribution in [1.82, 2.24) is 15.1 Å². The Kier molecular flexibility index (Phi) is 6.86. The lowest BCUT2D eigenvalue weighted by atomic mass is 10.1. The summed E-state index contributed by atoms with van der Waals surface area (Å²) in [6, 6.07) is 8.82. The van der Waals surface area contributed by atoms with E-state index in [1.54, 1.807) is 29.2 Å². The molecule has 2 heterocycles. The minimum atomic E-state index is -0.766. The zero-order valence-electron chi connectivity index (χ0n) is 17.6. The summed E-state index contributed by atoms with van der Waals surface area (Å²) in [5, 5.41) is 9.27. The molecule has 0 aliphatic carbocycles. The minimum Gasteiger partial charge on any atom is -0.452 e. The van der Waals surface area contributed by atoms with Gasteiger partial charge in [-0.15, -0.1) is 0 Å². The molecule has 3 aromatic rings. The van der Waals surface area contributed by atoms with Crippen molar-refractivity contribution in [3.8, 4) is 0 Å². The van der Waals surface area contributed by atoms with Crippen molar-refractivity contribution < 1.29 is 23.5 Å². The molecule has 2 N–H and O–H groups in total. The summed E-state index contributed by atoms with van der Waals surface area (Å²) in [5.74, 6) is -1.22. The molecule has 9 nitrogen and oxygen atoms in total. The van der Waals surface area contributed by atoms with Gasteiger partial charge in [-0.05, 0) is 50.1 Å². The molecule has 162 valence electrons. The van der Waals surface area contributed by atoms with Crippen molar-refractivity contribution in [2.45, 2.75) is 27.3 Å². The molecule has 0 fully saturated rings. The molecule has 0 bridgehead atoms. The van der Waals surface area contributed by atoms with E-state index in [1.165, 1.54) is 6.07 Å². The van der Waals surface area contributed by atoms with Gasteiger partial charge in [0.15, 0.2) is 6.61 Å². The standard InChI is InChI=1S/C22H24N4O5/c1-14-9-15(2)21(16(3)10-14)25-19(27)11-23-20(28)13-30-22(29)18-6-5-17(31-18)12-26-8-4-7-24-26/h4-10H,11-13H2,1-3H3,(H,23,28)(H,25,27). The van der Waals surface area contributed by atoms with Crippen molar-refractivity contribution in [3.05, 3.63) is 70.9 Å². The minimum absolute atomic E-state index is 0.0157.